The predicted octanol–water partition coefficient (Wildman–Crippen LogP) is 2.25. The van der Waals surface area contributed by atoms with E-state index < -0.39 is 11.8 Å². The van der Waals surface area contributed by atoms with Crippen molar-refractivity contribution in [2.24, 2.45) is 0 Å². The van der Waals surface area contributed by atoms with E-state index in [2.05, 4.69) is 5.32 Å². The van der Waals surface area contributed by atoms with E-state index in [9.17, 15) is 18.8 Å². The molecule has 0 saturated carbocycles. The highest BCUT2D eigenvalue weighted by Gasteiger charge is 2.33. The number of aryl methyl sites for hydroxylation is 2. The number of nitrogens with one attached hydrogen (secondary N) is 1. The topological polar surface area (TPSA) is 69.7 Å². The Morgan fingerprint density at radius 3 is 2.29 bits per heavy atom. The Labute approximate surface area is 162 Å². The third kappa shape index (κ3) is 4.54. The molecule has 1 aliphatic heterocycles. The van der Waals surface area contributed by atoms with Crippen LogP contribution in [0.4, 0.5) is 10.1 Å². The van der Waals surface area contributed by atoms with Crippen molar-refractivity contribution in [3.05, 3.63) is 65.0 Å². The molecule has 146 valence electrons. The maximum atomic E-state index is 13.0. The molecule has 2 aromatic rings. The third-order valence-electron chi connectivity index (χ3n) is 4.81. The van der Waals surface area contributed by atoms with Crippen LogP contribution in [0.15, 0.2) is 42.5 Å². The molecule has 7 heteroatoms. The second kappa shape index (κ2) is 8.21. The van der Waals surface area contributed by atoms with E-state index in [-0.39, 0.29) is 31.4 Å². The number of anilines is 1. The summed E-state index contributed by atoms with van der Waals surface area (Å²) in [7, 11) is 0. The Hall–Kier alpha value is -3.22. The maximum absolute atomic E-state index is 13.0. The average Bonchev–Trinajstić information content (AvgIpc) is 2.66. The molecule has 1 heterocycles. The molecule has 1 fully saturated rings. The van der Waals surface area contributed by atoms with Crippen LogP contribution in [0.3, 0.4) is 0 Å². The van der Waals surface area contributed by atoms with Gasteiger partial charge in [0.25, 0.3) is 0 Å². The Morgan fingerprint density at radius 2 is 1.61 bits per heavy atom. The van der Waals surface area contributed by atoms with Crippen molar-refractivity contribution >= 4 is 23.4 Å². The van der Waals surface area contributed by atoms with Gasteiger partial charge in [-0.3, -0.25) is 14.4 Å². The van der Waals surface area contributed by atoms with E-state index in [1.807, 2.05) is 26.0 Å². The molecule has 0 bridgehead atoms. The smallest absolute Gasteiger partial charge is 0.312 e. The minimum Gasteiger partial charge on any atom is -0.328 e. The molecule has 3 amide bonds. The largest absolute Gasteiger partial charge is 0.328 e. The van der Waals surface area contributed by atoms with E-state index >= 15 is 0 Å². The van der Waals surface area contributed by atoms with E-state index in [0.29, 0.717) is 12.2 Å². The van der Waals surface area contributed by atoms with Gasteiger partial charge in [0.2, 0.25) is 5.91 Å². The van der Waals surface area contributed by atoms with Crippen LogP contribution in [0.5, 0.6) is 0 Å². The van der Waals surface area contributed by atoms with Crippen LogP contribution in [0, 0.1) is 19.7 Å². The van der Waals surface area contributed by atoms with Crippen LogP contribution in [-0.4, -0.2) is 47.2 Å². The number of piperazine rings is 1. The highest BCUT2D eigenvalue weighted by atomic mass is 19.1. The molecular weight excluding hydrogens is 361 g/mol. The first-order chi connectivity index (χ1) is 13.3. The van der Waals surface area contributed by atoms with Gasteiger partial charge in [-0.15, -0.1) is 0 Å². The summed E-state index contributed by atoms with van der Waals surface area (Å²) in [5, 5.41) is 2.76. The number of carbonyl (C=O) groups is 3. The molecule has 0 aromatic heterocycles. The van der Waals surface area contributed by atoms with Gasteiger partial charge in [0.05, 0.1) is 0 Å². The molecule has 1 saturated heterocycles. The van der Waals surface area contributed by atoms with Crippen molar-refractivity contribution < 1.29 is 18.8 Å². The lowest BCUT2D eigenvalue weighted by Crippen LogP contribution is -2.55. The molecule has 1 aliphatic rings. The van der Waals surface area contributed by atoms with Gasteiger partial charge in [-0.05, 0) is 54.8 Å². The Bertz CT molecular complexity index is 912. The quantitative estimate of drug-likeness (QED) is 0.805. The van der Waals surface area contributed by atoms with E-state index in [1.165, 1.54) is 21.9 Å². The average molecular weight is 383 g/mol. The summed E-state index contributed by atoms with van der Waals surface area (Å²) in [6.45, 7) is 4.57. The van der Waals surface area contributed by atoms with Gasteiger partial charge < -0.3 is 15.1 Å². The summed E-state index contributed by atoms with van der Waals surface area (Å²) >= 11 is 0. The molecule has 0 spiro atoms. The lowest BCUT2D eigenvalue weighted by molar-refractivity contribution is -0.157. The SMILES string of the molecule is Cc1ccc(NC(=O)CN2CCN(Cc3ccc(F)cc3)C(=O)C2=O)cc1C. The summed E-state index contributed by atoms with van der Waals surface area (Å²) in [6.07, 6.45) is 0. The van der Waals surface area contributed by atoms with Crippen LogP contribution in [0.25, 0.3) is 0 Å². The van der Waals surface area contributed by atoms with Gasteiger partial charge in [-0.25, -0.2) is 4.39 Å². The zero-order valence-electron chi connectivity index (χ0n) is 15.9. The zero-order chi connectivity index (χ0) is 20.3. The number of benzene rings is 2. The summed E-state index contributed by atoms with van der Waals surface area (Å²) < 4.78 is 13.0. The van der Waals surface area contributed by atoms with Crippen LogP contribution in [0.1, 0.15) is 16.7 Å². The lowest BCUT2D eigenvalue weighted by atomic mass is 10.1. The van der Waals surface area contributed by atoms with Gasteiger partial charge in [-0.1, -0.05) is 18.2 Å². The Morgan fingerprint density at radius 1 is 0.964 bits per heavy atom. The minimum absolute atomic E-state index is 0.179. The van der Waals surface area contributed by atoms with Crippen molar-refractivity contribution in [1.29, 1.82) is 0 Å². The van der Waals surface area contributed by atoms with E-state index in [0.717, 1.165) is 16.7 Å². The fourth-order valence-electron chi connectivity index (χ4n) is 3.02. The number of hydrogen-bond donors (Lipinski definition) is 1. The summed E-state index contributed by atoms with van der Waals surface area (Å²) in [4.78, 5) is 39.6. The molecule has 0 atom stereocenters. The second-order valence-electron chi connectivity index (χ2n) is 6.93. The first-order valence-corrected chi connectivity index (χ1v) is 9.03. The van der Waals surface area contributed by atoms with Crippen molar-refractivity contribution in [3.8, 4) is 0 Å². The van der Waals surface area contributed by atoms with Crippen LogP contribution >= 0.6 is 0 Å². The number of halogens is 1. The molecule has 0 aliphatic carbocycles. The highest BCUT2D eigenvalue weighted by Crippen LogP contribution is 2.15. The van der Waals surface area contributed by atoms with Crippen molar-refractivity contribution in [2.75, 3.05) is 25.0 Å². The molecule has 0 radical (unpaired) electrons. The van der Waals surface area contributed by atoms with Gasteiger partial charge in [0.1, 0.15) is 12.4 Å². The molecule has 3 rings (SSSR count). The van der Waals surface area contributed by atoms with Gasteiger partial charge in [0, 0.05) is 25.3 Å². The summed E-state index contributed by atoms with van der Waals surface area (Å²) in [5.74, 6) is -2.07. The first kappa shape index (κ1) is 19.5. The fourth-order valence-corrected chi connectivity index (χ4v) is 3.02. The summed E-state index contributed by atoms with van der Waals surface area (Å²) in [5.41, 5.74) is 3.57. The number of rotatable bonds is 5. The number of amides is 3. The normalized spacial score (nSPS) is 14.4. The van der Waals surface area contributed by atoms with Crippen LogP contribution in [0.2, 0.25) is 0 Å². The Balaban J connectivity index is 1.57. The van der Waals surface area contributed by atoms with Crippen LogP contribution < -0.4 is 5.32 Å². The number of carbonyl (C=O) groups excluding carboxylic acids is 3. The Kier molecular flexibility index (Phi) is 5.73. The zero-order valence-corrected chi connectivity index (χ0v) is 15.9. The van der Waals surface area contributed by atoms with Gasteiger partial charge in [-0.2, -0.15) is 0 Å². The fraction of sp³-hybridized carbons (Fsp3) is 0.286. The first-order valence-electron chi connectivity index (χ1n) is 9.03. The molecular formula is C21H22FN3O3. The molecule has 28 heavy (non-hydrogen) atoms. The molecule has 6 nitrogen and oxygen atoms in total. The number of nitrogens with zero attached hydrogens (tertiary/aromatic N) is 2. The molecule has 2 aromatic carbocycles. The van der Waals surface area contributed by atoms with E-state index in [4.69, 9.17) is 0 Å². The van der Waals surface area contributed by atoms with Crippen LogP contribution in [-0.2, 0) is 20.9 Å². The van der Waals surface area contributed by atoms with Crippen molar-refractivity contribution in [3.63, 3.8) is 0 Å². The lowest BCUT2D eigenvalue weighted by Gasteiger charge is -2.33. The van der Waals surface area contributed by atoms with Gasteiger partial charge in [0.15, 0.2) is 0 Å². The monoisotopic (exact) mass is 383 g/mol. The highest BCUT2D eigenvalue weighted by molar-refractivity contribution is 6.35. The standard InChI is InChI=1S/C21H22FN3O3/c1-14-3-8-18(11-15(14)2)23-19(26)13-25-10-9-24(20(27)21(25)28)12-16-4-6-17(22)7-5-16/h3-8,11H,9-10,12-13H2,1-2H3,(H,23,26). The minimum atomic E-state index is -0.705. The predicted molar refractivity (Wildman–Crippen MR) is 103 cm³/mol. The molecule has 0 unspecified atom stereocenters. The molecule has 1 N–H and O–H groups in total. The van der Waals surface area contributed by atoms with E-state index in [1.54, 1.807) is 18.2 Å². The van der Waals surface area contributed by atoms with Crippen molar-refractivity contribution in [1.82, 2.24) is 9.80 Å². The maximum Gasteiger partial charge on any atom is 0.312 e. The van der Waals surface area contributed by atoms with Crippen molar-refractivity contribution in [2.45, 2.75) is 20.4 Å². The second-order valence-corrected chi connectivity index (χ2v) is 6.93. The third-order valence-corrected chi connectivity index (χ3v) is 4.81. The van der Waals surface area contributed by atoms with Gasteiger partial charge >= 0.3 is 11.8 Å². The summed E-state index contributed by atoms with van der Waals surface area (Å²) in [6, 6.07) is 11.4. The number of hydrogen-bond acceptors (Lipinski definition) is 3.